The Kier molecular flexibility index (Phi) is 5.42. The van der Waals surface area contributed by atoms with E-state index in [1.165, 1.54) is 25.3 Å². The van der Waals surface area contributed by atoms with Crippen molar-refractivity contribution < 1.29 is 22.7 Å². The van der Waals surface area contributed by atoms with Gasteiger partial charge in [0.25, 0.3) is 0 Å². The van der Waals surface area contributed by atoms with E-state index in [0.717, 1.165) is 6.07 Å². The summed E-state index contributed by atoms with van der Waals surface area (Å²) < 4.78 is 45.5. The first-order valence-corrected chi connectivity index (χ1v) is 8.77. The number of carbonyl (C=O) groups excluding carboxylic acids is 1. The minimum atomic E-state index is -4.58. The number of hydrogen-bond donors (Lipinski definition) is 1. The zero-order chi connectivity index (χ0) is 20.5. The standard InChI is InChI=1S/C20H17F3N2O2S/c1-12-16(18(26)27-2)17(14-10-6-7-11-15(14)20(21,22)23)24-19(28)25(12)13-8-4-3-5-9-13/h3-11,17H,1-2H3,(H,24,28)/t17-/m0/s1. The number of carbonyl (C=O) groups is 1. The summed E-state index contributed by atoms with van der Waals surface area (Å²) in [5, 5.41) is 3.08. The second kappa shape index (κ2) is 7.63. The fourth-order valence-corrected chi connectivity index (χ4v) is 3.61. The van der Waals surface area contributed by atoms with Crippen LogP contribution in [0, 0.1) is 0 Å². The summed E-state index contributed by atoms with van der Waals surface area (Å²) >= 11 is 5.42. The Morgan fingerprint density at radius 3 is 2.32 bits per heavy atom. The smallest absolute Gasteiger partial charge is 0.416 e. The lowest BCUT2D eigenvalue weighted by molar-refractivity contribution is -0.139. The molecular weight excluding hydrogens is 389 g/mol. The normalized spacial score (nSPS) is 17.4. The van der Waals surface area contributed by atoms with Crippen LogP contribution in [0.3, 0.4) is 0 Å². The second-order valence-corrected chi connectivity index (χ2v) is 6.52. The summed E-state index contributed by atoms with van der Waals surface area (Å²) in [5.41, 5.74) is 0.226. The highest BCUT2D eigenvalue weighted by Gasteiger charge is 2.41. The lowest BCUT2D eigenvalue weighted by Gasteiger charge is -2.38. The van der Waals surface area contributed by atoms with Crippen LogP contribution < -0.4 is 10.2 Å². The van der Waals surface area contributed by atoms with Crippen LogP contribution in [-0.2, 0) is 15.7 Å². The topological polar surface area (TPSA) is 41.6 Å². The number of anilines is 1. The second-order valence-electron chi connectivity index (χ2n) is 6.13. The molecule has 2 aromatic rings. The Bertz CT molecular complexity index is 942. The van der Waals surface area contributed by atoms with E-state index in [9.17, 15) is 18.0 Å². The van der Waals surface area contributed by atoms with Gasteiger partial charge in [0.1, 0.15) is 0 Å². The van der Waals surface area contributed by atoms with Gasteiger partial charge in [-0.3, -0.25) is 4.90 Å². The maximum Gasteiger partial charge on any atom is 0.416 e. The van der Waals surface area contributed by atoms with Gasteiger partial charge in [0.2, 0.25) is 0 Å². The number of alkyl halides is 3. The summed E-state index contributed by atoms with van der Waals surface area (Å²) in [5.74, 6) is -0.726. The molecular formula is C20H17F3N2O2S. The van der Waals surface area contributed by atoms with Crippen LogP contribution in [0.4, 0.5) is 18.9 Å². The molecule has 0 bridgehead atoms. The molecule has 3 rings (SSSR count). The number of thiocarbonyl (C=S) groups is 1. The van der Waals surface area contributed by atoms with Crippen LogP contribution in [0.1, 0.15) is 24.1 Å². The van der Waals surface area contributed by atoms with E-state index in [2.05, 4.69) is 5.32 Å². The van der Waals surface area contributed by atoms with E-state index in [0.29, 0.717) is 11.4 Å². The molecule has 8 heteroatoms. The zero-order valence-electron chi connectivity index (χ0n) is 15.1. The maximum atomic E-state index is 13.5. The molecule has 0 radical (unpaired) electrons. The Hall–Kier alpha value is -2.87. The number of nitrogens with zero attached hydrogens (tertiary/aromatic N) is 1. The molecule has 0 aromatic heterocycles. The van der Waals surface area contributed by atoms with Gasteiger partial charge in [0.05, 0.1) is 24.3 Å². The maximum absolute atomic E-state index is 13.5. The highest BCUT2D eigenvalue weighted by Crippen LogP contribution is 2.40. The van der Waals surface area contributed by atoms with Crippen molar-refractivity contribution in [2.75, 3.05) is 12.0 Å². The predicted molar refractivity (Wildman–Crippen MR) is 104 cm³/mol. The summed E-state index contributed by atoms with van der Waals surface area (Å²) in [4.78, 5) is 14.1. The first-order valence-electron chi connectivity index (χ1n) is 8.36. The van der Waals surface area contributed by atoms with Gasteiger partial charge >= 0.3 is 12.1 Å². The lowest BCUT2D eigenvalue weighted by atomic mass is 9.91. The zero-order valence-corrected chi connectivity index (χ0v) is 15.9. The Labute approximate surface area is 165 Å². The number of para-hydroxylation sites is 1. The molecule has 1 atom stereocenters. The molecule has 1 heterocycles. The molecule has 1 aliphatic heterocycles. The van der Waals surface area contributed by atoms with Crippen LogP contribution in [0.5, 0.6) is 0 Å². The van der Waals surface area contributed by atoms with Crippen molar-refractivity contribution in [3.05, 3.63) is 77.0 Å². The number of rotatable bonds is 3. The highest BCUT2D eigenvalue weighted by atomic mass is 32.1. The summed E-state index contributed by atoms with van der Waals surface area (Å²) in [7, 11) is 1.19. The lowest BCUT2D eigenvalue weighted by Crippen LogP contribution is -2.48. The average molecular weight is 406 g/mol. The number of esters is 1. The summed E-state index contributed by atoms with van der Waals surface area (Å²) in [6.45, 7) is 1.63. The Morgan fingerprint density at radius 1 is 1.11 bits per heavy atom. The van der Waals surface area contributed by atoms with Crippen LogP contribution >= 0.6 is 12.2 Å². The number of methoxy groups -OCH3 is 1. The van der Waals surface area contributed by atoms with E-state index >= 15 is 0 Å². The Morgan fingerprint density at radius 2 is 1.71 bits per heavy atom. The molecule has 4 nitrogen and oxygen atoms in total. The van der Waals surface area contributed by atoms with Crippen molar-refractivity contribution in [3.63, 3.8) is 0 Å². The van der Waals surface area contributed by atoms with E-state index in [-0.39, 0.29) is 16.2 Å². The van der Waals surface area contributed by atoms with Crippen LogP contribution in [0.2, 0.25) is 0 Å². The van der Waals surface area contributed by atoms with Gasteiger partial charge in [-0.25, -0.2) is 4.79 Å². The van der Waals surface area contributed by atoms with Gasteiger partial charge in [-0.15, -0.1) is 0 Å². The van der Waals surface area contributed by atoms with Gasteiger partial charge < -0.3 is 10.1 Å². The van der Waals surface area contributed by atoms with Crippen LogP contribution in [0.15, 0.2) is 65.9 Å². The number of hydrogen-bond acceptors (Lipinski definition) is 3. The molecule has 0 unspecified atom stereocenters. The van der Waals surface area contributed by atoms with Gasteiger partial charge in [-0.05, 0) is 42.9 Å². The minimum absolute atomic E-state index is 0.0663. The highest BCUT2D eigenvalue weighted by molar-refractivity contribution is 7.80. The average Bonchev–Trinajstić information content (AvgIpc) is 2.67. The first kappa shape index (κ1) is 19.9. The third kappa shape index (κ3) is 3.60. The largest absolute Gasteiger partial charge is 0.466 e. The van der Waals surface area contributed by atoms with Crippen LogP contribution in [-0.4, -0.2) is 18.2 Å². The molecule has 146 valence electrons. The van der Waals surface area contributed by atoms with Gasteiger partial charge in [-0.1, -0.05) is 36.4 Å². The van der Waals surface area contributed by atoms with Crippen molar-refractivity contribution in [2.45, 2.75) is 19.1 Å². The molecule has 1 aliphatic rings. The molecule has 0 spiro atoms. The molecule has 0 fully saturated rings. The number of nitrogens with one attached hydrogen (secondary N) is 1. The van der Waals surface area contributed by atoms with Crippen molar-refractivity contribution >= 4 is 29.0 Å². The van der Waals surface area contributed by atoms with E-state index in [4.69, 9.17) is 17.0 Å². The monoisotopic (exact) mass is 406 g/mol. The molecule has 0 amide bonds. The molecule has 2 aromatic carbocycles. The van der Waals surface area contributed by atoms with E-state index in [1.807, 2.05) is 6.07 Å². The fourth-order valence-electron chi connectivity index (χ4n) is 3.25. The number of halogens is 3. The third-order valence-corrected chi connectivity index (χ3v) is 4.78. The van der Waals surface area contributed by atoms with Crippen molar-refractivity contribution in [1.82, 2.24) is 5.32 Å². The minimum Gasteiger partial charge on any atom is -0.466 e. The van der Waals surface area contributed by atoms with Gasteiger partial charge in [0.15, 0.2) is 5.11 Å². The third-order valence-electron chi connectivity index (χ3n) is 4.48. The predicted octanol–water partition coefficient (Wildman–Crippen LogP) is 4.59. The fraction of sp³-hybridized carbons (Fsp3) is 0.200. The number of benzene rings is 2. The molecule has 0 aliphatic carbocycles. The first-order chi connectivity index (χ1) is 13.3. The SMILES string of the molecule is COC(=O)C1=C(C)N(c2ccccc2)C(=S)N[C@H]1c1ccccc1C(F)(F)F. The molecule has 1 N–H and O–H groups in total. The van der Waals surface area contributed by atoms with Crippen LogP contribution in [0.25, 0.3) is 0 Å². The summed E-state index contributed by atoms with van der Waals surface area (Å²) in [6.07, 6.45) is -4.58. The van der Waals surface area contributed by atoms with E-state index in [1.54, 1.807) is 36.1 Å². The molecule has 0 saturated carbocycles. The van der Waals surface area contributed by atoms with Crippen molar-refractivity contribution in [3.8, 4) is 0 Å². The van der Waals surface area contributed by atoms with Crippen molar-refractivity contribution in [1.29, 1.82) is 0 Å². The Balaban J connectivity index is 2.20. The molecule has 0 saturated heterocycles. The van der Waals surface area contributed by atoms with Crippen molar-refractivity contribution in [2.24, 2.45) is 0 Å². The molecule has 28 heavy (non-hydrogen) atoms. The number of allylic oxidation sites excluding steroid dienone is 1. The van der Waals surface area contributed by atoms with Gasteiger partial charge in [-0.2, -0.15) is 13.2 Å². The number of ether oxygens (including phenoxy) is 1. The van der Waals surface area contributed by atoms with Gasteiger partial charge in [0, 0.05) is 11.4 Å². The van der Waals surface area contributed by atoms with E-state index < -0.39 is 23.8 Å². The quantitative estimate of drug-likeness (QED) is 0.597. The summed E-state index contributed by atoms with van der Waals surface area (Å²) in [6, 6.07) is 13.0.